The van der Waals surface area contributed by atoms with Crippen LogP contribution in [0.2, 0.25) is 0 Å². The number of benzene rings is 2. The van der Waals surface area contributed by atoms with Crippen LogP contribution in [0.5, 0.6) is 0 Å². The third kappa shape index (κ3) is 5.49. The first-order valence-corrected chi connectivity index (χ1v) is 9.87. The number of amides is 2. The molecule has 1 aromatic heterocycles. The van der Waals surface area contributed by atoms with E-state index in [0.29, 0.717) is 11.4 Å². The second-order valence-corrected chi connectivity index (χ2v) is 7.65. The number of alkyl halides is 3. The highest BCUT2D eigenvalue weighted by molar-refractivity contribution is 9.10. The van der Waals surface area contributed by atoms with Crippen LogP contribution >= 0.6 is 15.9 Å². The molecule has 3 aromatic rings. The SMILES string of the molecule is CC(=O)Nc1ccc(NC(=O)c2ccc(-c3cccc(Br)c3)nc2C)c(C(F)(F)F)c1. The van der Waals surface area contributed by atoms with Gasteiger partial charge in [-0.2, -0.15) is 13.2 Å². The fraction of sp³-hybridized carbons (Fsp3) is 0.136. The molecule has 0 bridgehead atoms. The van der Waals surface area contributed by atoms with Gasteiger partial charge in [0.2, 0.25) is 5.91 Å². The number of carbonyl (C=O) groups is 2. The van der Waals surface area contributed by atoms with Crippen LogP contribution in [-0.2, 0) is 11.0 Å². The van der Waals surface area contributed by atoms with E-state index in [4.69, 9.17) is 0 Å². The van der Waals surface area contributed by atoms with Gasteiger partial charge in [0.1, 0.15) is 0 Å². The lowest BCUT2D eigenvalue weighted by molar-refractivity contribution is -0.137. The summed E-state index contributed by atoms with van der Waals surface area (Å²) in [6, 6.07) is 13.8. The molecule has 5 nitrogen and oxygen atoms in total. The zero-order chi connectivity index (χ0) is 22.8. The third-order valence-corrected chi connectivity index (χ3v) is 4.84. The number of nitrogens with zero attached hydrogens (tertiary/aromatic N) is 1. The topological polar surface area (TPSA) is 71.1 Å². The van der Waals surface area contributed by atoms with Crippen molar-refractivity contribution >= 4 is 39.1 Å². The average molecular weight is 492 g/mol. The maximum Gasteiger partial charge on any atom is 0.418 e. The average Bonchev–Trinajstić information content (AvgIpc) is 2.67. The highest BCUT2D eigenvalue weighted by Gasteiger charge is 2.34. The minimum Gasteiger partial charge on any atom is -0.326 e. The van der Waals surface area contributed by atoms with Gasteiger partial charge in [-0.1, -0.05) is 28.1 Å². The van der Waals surface area contributed by atoms with Crippen LogP contribution in [0.3, 0.4) is 0 Å². The van der Waals surface area contributed by atoms with E-state index in [-0.39, 0.29) is 11.3 Å². The van der Waals surface area contributed by atoms with E-state index >= 15 is 0 Å². The van der Waals surface area contributed by atoms with Crippen molar-refractivity contribution in [3.63, 3.8) is 0 Å². The number of aromatic nitrogens is 1. The molecule has 0 aliphatic heterocycles. The van der Waals surface area contributed by atoms with Crippen LogP contribution in [0.4, 0.5) is 24.5 Å². The Labute approximate surface area is 184 Å². The van der Waals surface area contributed by atoms with Crippen molar-refractivity contribution in [2.45, 2.75) is 20.0 Å². The van der Waals surface area contributed by atoms with Gasteiger partial charge in [0.05, 0.1) is 28.2 Å². The summed E-state index contributed by atoms with van der Waals surface area (Å²) in [7, 11) is 0. The fourth-order valence-corrected chi connectivity index (χ4v) is 3.37. The summed E-state index contributed by atoms with van der Waals surface area (Å²) in [5, 5.41) is 4.60. The largest absolute Gasteiger partial charge is 0.418 e. The number of hydrogen-bond donors (Lipinski definition) is 2. The number of aryl methyl sites for hydroxylation is 1. The van der Waals surface area contributed by atoms with Gasteiger partial charge >= 0.3 is 6.18 Å². The Kier molecular flexibility index (Phi) is 6.45. The molecule has 2 aromatic carbocycles. The predicted molar refractivity (Wildman–Crippen MR) is 116 cm³/mol. The Morgan fingerprint density at radius 1 is 1.00 bits per heavy atom. The lowest BCUT2D eigenvalue weighted by atomic mass is 10.1. The maximum atomic E-state index is 13.5. The zero-order valence-electron chi connectivity index (χ0n) is 16.5. The molecule has 31 heavy (non-hydrogen) atoms. The van der Waals surface area contributed by atoms with Gasteiger partial charge in [-0.05, 0) is 49.4 Å². The molecule has 0 atom stereocenters. The van der Waals surface area contributed by atoms with Crippen LogP contribution in [0.15, 0.2) is 59.1 Å². The van der Waals surface area contributed by atoms with Crippen molar-refractivity contribution in [1.82, 2.24) is 4.98 Å². The Bertz CT molecular complexity index is 1160. The highest BCUT2D eigenvalue weighted by atomic mass is 79.9. The van der Waals surface area contributed by atoms with Gasteiger partial charge in [0.15, 0.2) is 0 Å². The van der Waals surface area contributed by atoms with Crippen LogP contribution in [0.1, 0.15) is 28.5 Å². The lowest BCUT2D eigenvalue weighted by Crippen LogP contribution is -2.18. The van der Waals surface area contributed by atoms with E-state index in [1.165, 1.54) is 19.1 Å². The Balaban J connectivity index is 1.90. The Hall–Kier alpha value is -3.20. The molecule has 0 radical (unpaired) electrons. The normalized spacial score (nSPS) is 11.2. The van der Waals surface area contributed by atoms with E-state index in [9.17, 15) is 22.8 Å². The monoisotopic (exact) mass is 491 g/mol. The first-order valence-electron chi connectivity index (χ1n) is 9.08. The molecule has 0 aliphatic rings. The summed E-state index contributed by atoms with van der Waals surface area (Å²) in [4.78, 5) is 28.2. The van der Waals surface area contributed by atoms with Crippen molar-refractivity contribution in [3.05, 3.63) is 75.9 Å². The molecule has 0 saturated carbocycles. The smallest absolute Gasteiger partial charge is 0.326 e. The molecular weight excluding hydrogens is 475 g/mol. The van der Waals surface area contributed by atoms with Gasteiger partial charge in [0.25, 0.3) is 5.91 Å². The summed E-state index contributed by atoms with van der Waals surface area (Å²) in [6.07, 6.45) is -4.73. The predicted octanol–water partition coefficient (Wildman–Crippen LogP) is 6.05. The first-order chi connectivity index (χ1) is 14.5. The molecule has 0 unspecified atom stereocenters. The molecule has 3 rings (SSSR count). The number of hydrogen-bond acceptors (Lipinski definition) is 3. The van der Waals surface area contributed by atoms with Crippen LogP contribution in [-0.4, -0.2) is 16.8 Å². The van der Waals surface area contributed by atoms with Gasteiger partial charge in [-0.25, -0.2) is 0 Å². The van der Waals surface area contributed by atoms with E-state index in [1.807, 2.05) is 24.3 Å². The number of halogens is 4. The molecule has 0 spiro atoms. The van der Waals surface area contributed by atoms with Crippen molar-refractivity contribution in [2.75, 3.05) is 10.6 Å². The minimum absolute atomic E-state index is 0.0194. The Morgan fingerprint density at radius 3 is 2.35 bits per heavy atom. The van der Waals surface area contributed by atoms with Gasteiger partial charge in [-0.3, -0.25) is 14.6 Å². The molecule has 9 heteroatoms. The maximum absolute atomic E-state index is 13.5. The molecule has 0 fully saturated rings. The van der Waals surface area contributed by atoms with E-state index in [0.717, 1.165) is 22.2 Å². The molecule has 2 N–H and O–H groups in total. The number of carbonyl (C=O) groups excluding carboxylic acids is 2. The number of rotatable bonds is 4. The summed E-state index contributed by atoms with van der Waals surface area (Å²) in [6.45, 7) is 2.80. The van der Waals surface area contributed by atoms with Gasteiger partial charge in [0, 0.05) is 22.6 Å². The van der Waals surface area contributed by atoms with Crippen LogP contribution < -0.4 is 10.6 Å². The summed E-state index contributed by atoms with van der Waals surface area (Å²) in [5.41, 5.74) is 0.485. The third-order valence-electron chi connectivity index (χ3n) is 4.34. The van der Waals surface area contributed by atoms with Crippen LogP contribution in [0, 0.1) is 6.92 Å². The molecular formula is C22H17BrF3N3O2. The highest BCUT2D eigenvalue weighted by Crippen LogP contribution is 2.37. The van der Waals surface area contributed by atoms with Crippen molar-refractivity contribution < 1.29 is 22.8 Å². The second kappa shape index (κ2) is 8.89. The fourth-order valence-electron chi connectivity index (χ4n) is 2.97. The van der Waals surface area contributed by atoms with Gasteiger partial charge in [-0.15, -0.1) is 0 Å². The number of nitrogens with one attached hydrogen (secondary N) is 2. The minimum atomic E-state index is -4.73. The van der Waals surface area contributed by atoms with Crippen molar-refractivity contribution in [1.29, 1.82) is 0 Å². The first kappa shape index (κ1) is 22.5. The zero-order valence-corrected chi connectivity index (χ0v) is 18.1. The summed E-state index contributed by atoms with van der Waals surface area (Å²) >= 11 is 3.39. The van der Waals surface area contributed by atoms with Crippen molar-refractivity contribution in [3.8, 4) is 11.3 Å². The van der Waals surface area contributed by atoms with E-state index in [2.05, 4.69) is 31.5 Å². The summed E-state index contributed by atoms with van der Waals surface area (Å²) < 4.78 is 41.3. The standard InChI is InChI=1S/C22H17BrF3N3O2/c1-12-17(7-9-19(27-12)14-4-3-5-15(23)10-14)21(31)29-20-8-6-16(28-13(2)30)11-18(20)22(24,25)26/h3-11H,1-2H3,(H,28,30)(H,29,31). The molecule has 0 aliphatic carbocycles. The lowest BCUT2D eigenvalue weighted by Gasteiger charge is -2.16. The van der Waals surface area contributed by atoms with Gasteiger partial charge < -0.3 is 10.6 Å². The quantitative estimate of drug-likeness (QED) is 0.466. The van der Waals surface area contributed by atoms with Crippen LogP contribution in [0.25, 0.3) is 11.3 Å². The molecule has 1 heterocycles. The second-order valence-electron chi connectivity index (χ2n) is 6.73. The van der Waals surface area contributed by atoms with Crippen molar-refractivity contribution in [2.24, 2.45) is 0 Å². The number of pyridine rings is 1. The molecule has 0 saturated heterocycles. The molecule has 160 valence electrons. The number of anilines is 2. The summed E-state index contributed by atoms with van der Waals surface area (Å²) in [5.74, 6) is -1.22. The van der Waals surface area contributed by atoms with E-state index < -0.39 is 29.2 Å². The van der Waals surface area contributed by atoms with E-state index in [1.54, 1.807) is 13.0 Å². The molecule has 2 amide bonds. The Morgan fingerprint density at radius 2 is 1.74 bits per heavy atom.